The van der Waals surface area contributed by atoms with Gasteiger partial charge in [-0.15, -0.1) is 11.3 Å². The summed E-state index contributed by atoms with van der Waals surface area (Å²) in [6, 6.07) is 52.4. The van der Waals surface area contributed by atoms with Crippen molar-refractivity contribution in [3.8, 4) is 27.9 Å². The summed E-state index contributed by atoms with van der Waals surface area (Å²) >= 11 is 1.84. The van der Waals surface area contributed by atoms with Crippen molar-refractivity contribution in [1.82, 2.24) is 9.55 Å². The second kappa shape index (κ2) is 9.13. The first-order valence-corrected chi connectivity index (χ1v) is 15.0. The molecule has 9 rings (SSSR count). The monoisotopic (exact) mass is 552 g/mol. The van der Waals surface area contributed by atoms with E-state index in [2.05, 4.69) is 150 Å². The number of fused-ring (bicyclic) bond motifs is 7. The van der Waals surface area contributed by atoms with Crippen LogP contribution in [0.5, 0.6) is 0 Å². The average molecular weight is 553 g/mol. The van der Waals surface area contributed by atoms with Gasteiger partial charge >= 0.3 is 0 Å². The Balaban J connectivity index is 1.25. The zero-order valence-corrected chi connectivity index (χ0v) is 23.5. The van der Waals surface area contributed by atoms with Crippen LogP contribution in [0.15, 0.2) is 146 Å². The van der Waals surface area contributed by atoms with Crippen LogP contribution in [-0.2, 0) is 0 Å². The Labute approximate surface area is 246 Å². The fourth-order valence-corrected chi connectivity index (χ4v) is 7.73. The second-order valence-electron chi connectivity index (χ2n) is 10.8. The molecule has 0 saturated heterocycles. The molecular formula is C39H24N2S. The van der Waals surface area contributed by atoms with Gasteiger partial charge in [0, 0.05) is 37.5 Å². The molecule has 9 aromatic rings. The fourth-order valence-electron chi connectivity index (χ4n) is 6.50. The Bertz CT molecular complexity index is 2430. The van der Waals surface area contributed by atoms with Crippen LogP contribution in [0.2, 0.25) is 0 Å². The minimum absolute atomic E-state index is 1.03. The van der Waals surface area contributed by atoms with Crippen molar-refractivity contribution in [2.45, 2.75) is 0 Å². The van der Waals surface area contributed by atoms with Crippen LogP contribution in [0.1, 0.15) is 0 Å². The summed E-state index contributed by atoms with van der Waals surface area (Å²) in [5, 5.41) is 4.96. The molecule has 0 aliphatic heterocycles. The fraction of sp³-hybridized carbons (Fsp3) is 0. The molecule has 42 heavy (non-hydrogen) atoms. The van der Waals surface area contributed by atoms with Crippen molar-refractivity contribution in [2.75, 3.05) is 0 Å². The maximum atomic E-state index is 5.13. The van der Waals surface area contributed by atoms with Gasteiger partial charge in [-0.25, -0.2) is 4.98 Å². The van der Waals surface area contributed by atoms with Crippen LogP contribution in [0, 0.1) is 0 Å². The smallest absolute Gasteiger partial charge is 0.0902 e. The molecule has 0 aliphatic rings. The molecule has 6 aromatic carbocycles. The number of para-hydroxylation sites is 3. The summed E-state index contributed by atoms with van der Waals surface area (Å²) < 4.78 is 4.90. The minimum atomic E-state index is 1.03. The van der Waals surface area contributed by atoms with Crippen molar-refractivity contribution >= 4 is 64.3 Å². The highest BCUT2D eigenvalue weighted by atomic mass is 32.1. The maximum absolute atomic E-state index is 5.13. The van der Waals surface area contributed by atoms with Gasteiger partial charge < -0.3 is 4.57 Å². The zero-order chi connectivity index (χ0) is 27.6. The van der Waals surface area contributed by atoms with E-state index in [9.17, 15) is 0 Å². The molecule has 0 N–H and O–H groups in total. The number of thiophene rings is 1. The molecule has 3 heteroatoms. The normalized spacial score (nSPS) is 11.8. The highest BCUT2D eigenvalue weighted by molar-refractivity contribution is 7.26. The van der Waals surface area contributed by atoms with Gasteiger partial charge in [0.1, 0.15) is 0 Å². The first-order chi connectivity index (χ1) is 20.8. The third-order valence-electron chi connectivity index (χ3n) is 8.37. The lowest BCUT2D eigenvalue weighted by molar-refractivity contribution is 1.18. The van der Waals surface area contributed by atoms with E-state index in [0.717, 1.165) is 16.7 Å². The zero-order valence-electron chi connectivity index (χ0n) is 22.7. The van der Waals surface area contributed by atoms with Gasteiger partial charge in [-0.05, 0) is 59.2 Å². The average Bonchev–Trinajstić information content (AvgIpc) is 3.59. The molecule has 0 atom stereocenters. The molecule has 0 radical (unpaired) electrons. The Hall–Kier alpha value is -5.25. The highest BCUT2D eigenvalue weighted by Gasteiger charge is 2.17. The first kappa shape index (κ1) is 23.5. The van der Waals surface area contributed by atoms with Crippen LogP contribution >= 0.6 is 11.3 Å². The van der Waals surface area contributed by atoms with E-state index in [4.69, 9.17) is 4.98 Å². The van der Waals surface area contributed by atoms with E-state index in [0.29, 0.717) is 0 Å². The van der Waals surface area contributed by atoms with Gasteiger partial charge in [-0.2, -0.15) is 0 Å². The van der Waals surface area contributed by atoms with E-state index < -0.39 is 0 Å². The van der Waals surface area contributed by atoms with E-state index in [-0.39, 0.29) is 0 Å². The van der Waals surface area contributed by atoms with Crippen LogP contribution in [-0.4, -0.2) is 9.55 Å². The molecule has 0 spiro atoms. The third-order valence-corrected chi connectivity index (χ3v) is 9.55. The number of rotatable bonds is 3. The summed E-state index contributed by atoms with van der Waals surface area (Å²) in [6.07, 6.45) is 0. The van der Waals surface area contributed by atoms with E-state index >= 15 is 0 Å². The molecular weight excluding hydrogens is 529 g/mol. The highest BCUT2D eigenvalue weighted by Crippen LogP contribution is 2.43. The Morgan fingerprint density at radius 2 is 1.07 bits per heavy atom. The Morgan fingerprint density at radius 3 is 1.86 bits per heavy atom. The van der Waals surface area contributed by atoms with E-state index in [1.807, 2.05) is 11.3 Å². The van der Waals surface area contributed by atoms with Gasteiger partial charge in [0.15, 0.2) is 0 Å². The Kier molecular flexibility index (Phi) is 5.10. The molecule has 196 valence electrons. The topological polar surface area (TPSA) is 17.8 Å². The number of nitrogens with zero attached hydrogens (tertiary/aromatic N) is 2. The molecule has 0 fully saturated rings. The summed E-state index contributed by atoms with van der Waals surface area (Å²) in [5.41, 5.74) is 10.6. The summed E-state index contributed by atoms with van der Waals surface area (Å²) in [5.74, 6) is 0. The Morgan fingerprint density at radius 1 is 0.476 bits per heavy atom. The van der Waals surface area contributed by atoms with Gasteiger partial charge in [-0.1, -0.05) is 103 Å². The number of pyridine rings is 1. The number of hydrogen-bond acceptors (Lipinski definition) is 2. The minimum Gasteiger partial charge on any atom is -0.309 e. The number of benzene rings is 6. The first-order valence-electron chi connectivity index (χ1n) is 14.2. The molecule has 0 unspecified atom stereocenters. The van der Waals surface area contributed by atoms with Crippen molar-refractivity contribution in [1.29, 1.82) is 0 Å². The van der Waals surface area contributed by atoms with E-state index in [1.165, 1.54) is 64.2 Å². The standard InChI is InChI=1S/C39H24N2S/c1-5-19-33-31(17-1)37(39-38(40-33)32-18-4-8-22-36(32)42-39)27-13-9-11-25(23-27)26-12-10-14-28(24-26)41-34-20-6-2-15-29(34)30-16-3-7-21-35(30)41/h1-24H. The van der Waals surface area contributed by atoms with Crippen LogP contribution in [0.3, 0.4) is 0 Å². The van der Waals surface area contributed by atoms with Crippen molar-refractivity contribution in [3.05, 3.63) is 146 Å². The molecule has 0 bridgehead atoms. The maximum Gasteiger partial charge on any atom is 0.0902 e. The molecule has 0 aliphatic carbocycles. The van der Waals surface area contributed by atoms with Gasteiger partial charge in [-0.3, -0.25) is 0 Å². The van der Waals surface area contributed by atoms with Crippen molar-refractivity contribution < 1.29 is 0 Å². The predicted octanol–water partition coefficient (Wildman–Crippen LogP) is 11.0. The second-order valence-corrected chi connectivity index (χ2v) is 11.8. The lowest BCUT2D eigenvalue weighted by Gasteiger charge is -2.12. The summed E-state index contributed by atoms with van der Waals surface area (Å²) in [4.78, 5) is 5.13. The van der Waals surface area contributed by atoms with Gasteiger partial charge in [0.05, 0.1) is 26.8 Å². The third kappa shape index (κ3) is 3.47. The molecule has 0 saturated carbocycles. The summed E-state index contributed by atoms with van der Waals surface area (Å²) in [6.45, 7) is 0. The lowest BCUT2D eigenvalue weighted by Crippen LogP contribution is -1.94. The quantitative estimate of drug-likeness (QED) is 0.213. The van der Waals surface area contributed by atoms with Crippen LogP contribution in [0.25, 0.3) is 81.0 Å². The molecule has 3 heterocycles. The van der Waals surface area contributed by atoms with Gasteiger partial charge in [0.25, 0.3) is 0 Å². The van der Waals surface area contributed by atoms with Crippen LogP contribution in [0.4, 0.5) is 0 Å². The molecule has 2 nitrogen and oxygen atoms in total. The lowest BCUT2D eigenvalue weighted by atomic mass is 9.96. The summed E-state index contributed by atoms with van der Waals surface area (Å²) in [7, 11) is 0. The number of hydrogen-bond donors (Lipinski definition) is 0. The van der Waals surface area contributed by atoms with E-state index in [1.54, 1.807) is 0 Å². The molecule has 3 aromatic heterocycles. The molecule has 0 amide bonds. The largest absolute Gasteiger partial charge is 0.309 e. The predicted molar refractivity (Wildman–Crippen MR) is 180 cm³/mol. The van der Waals surface area contributed by atoms with Crippen molar-refractivity contribution in [3.63, 3.8) is 0 Å². The number of aromatic nitrogens is 2. The van der Waals surface area contributed by atoms with Crippen LogP contribution < -0.4 is 0 Å². The SMILES string of the molecule is c1cc(-c2cccc(-n3c4ccccc4c4ccccc43)c2)cc(-c2c3ccccc3nc3c2sc2ccccc23)c1. The van der Waals surface area contributed by atoms with Gasteiger partial charge in [0.2, 0.25) is 0 Å². The van der Waals surface area contributed by atoms with Crippen molar-refractivity contribution in [2.24, 2.45) is 0 Å².